The molecule has 152 valence electrons. The Kier molecular flexibility index (Phi) is 5.53. The van der Waals surface area contributed by atoms with E-state index >= 15 is 0 Å². The summed E-state index contributed by atoms with van der Waals surface area (Å²) in [6.07, 6.45) is 1.78. The molecule has 9 heteroatoms. The quantitative estimate of drug-likeness (QED) is 0.642. The van der Waals surface area contributed by atoms with Gasteiger partial charge in [-0.15, -0.1) is 0 Å². The number of thiazole rings is 1. The molecule has 7 nitrogen and oxygen atoms in total. The minimum atomic E-state index is -3.49. The Morgan fingerprint density at radius 1 is 1.21 bits per heavy atom. The number of carbonyl (C=O) groups is 1. The topological polar surface area (TPSA) is 88.6 Å². The summed E-state index contributed by atoms with van der Waals surface area (Å²) in [5.41, 5.74) is 1.06. The largest absolute Gasteiger partial charge is 0.493 e. The number of hydrogen-bond donors (Lipinski definition) is 1. The normalized spacial score (nSPS) is 14.9. The molecule has 0 spiro atoms. The van der Waals surface area contributed by atoms with Crippen molar-refractivity contribution in [3.05, 3.63) is 48.0 Å². The Labute approximate surface area is 173 Å². The van der Waals surface area contributed by atoms with Crippen LogP contribution in [0.2, 0.25) is 0 Å². The Morgan fingerprint density at radius 3 is 2.72 bits per heavy atom. The summed E-state index contributed by atoms with van der Waals surface area (Å²) in [5, 5.41) is 3.20. The highest BCUT2D eigenvalue weighted by Crippen LogP contribution is 2.31. The summed E-state index contributed by atoms with van der Waals surface area (Å²) in [7, 11) is -3.49. The van der Waals surface area contributed by atoms with E-state index in [1.165, 1.54) is 15.6 Å². The predicted molar refractivity (Wildman–Crippen MR) is 113 cm³/mol. The molecule has 0 aliphatic carbocycles. The van der Waals surface area contributed by atoms with Crippen molar-refractivity contribution in [3.63, 3.8) is 0 Å². The number of carbonyl (C=O) groups excluding carboxylic acids is 1. The zero-order chi connectivity index (χ0) is 20.4. The van der Waals surface area contributed by atoms with Crippen molar-refractivity contribution in [2.45, 2.75) is 24.7 Å². The Bertz CT molecular complexity index is 1150. The van der Waals surface area contributed by atoms with E-state index < -0.39 is 10.0 Å². The van der Waals surface area contributed by atoms with E-state index in [1.54, 1.807) is 36.4 Å². The third-order valence-electron chi connectivity index (χ3n) is 4.71. The molecule has 1 aliphatic heterocycles. The van der Waals surface area contributed by atoms with Gasteiger partial charge in [0.1, 0.15) is 5.75 Å². The lowest BCUT2D eigenvalue weighted by Crippen LogP contribution is -2.27. The highest BCUT2D eigenvalue weighted by molar-refractivity contribution is 7.89. The molecule has 4 rings (SSSR count). The zero-order valence-electron chi connectivity index (χ0n) is 15.9. The summed E-state index contributed by atoms with van der Waals surface area (Å²) < 4.78 is 33.3. The third kappa shape index (κ3) is 3.98. The fraction of sp³-hybridized carbons (Fsp3) is 0.300. The lowest BCUT2D eigenvalue weighted by atomic mass is 10.2. The van der Waals surface area contributed by atoms with Crippen LogP contribution in [0.5, 0.6) is 5.75 Å². The summed E-state index contributed by atoms with van der Waals surface area (Å²) in [4.78, 5) is 17.3. The number of fused-ring (bicyclic) bond motifs is 1. The maximum absolute atomic E-state index is 12.8. The average Bonchev–Trinajstić information content (AvgIpc) is 3.38. The van der Waals surface area contributed by atoms with Crippen molar-refractivity contribution in [2.75, 3.05) is 25.0 Å². The Hall–Kier alpha value is -2.49. The van der Waals surface area contributed by atoms with Crippen molar-refractivity contribution in [1.82, 2.24) is 9.29 Å². The molecule has 3 aromatic rings. The molecule has 0 unspecified atom stereocenters. The highest BCUT2D eigenvalue weighted by atomic mass is 32.2. The standard InChI is InChI=1S/C20H21N3O4S2/c1-2-27-17-8-4-3-7-15(17)19(24)22-20-21-16-10-9-14(13-18(16)28-20)29(25,26)23-11-5-6-12-23/h3-4,7-10,13H,2,5-6,11-12H2,1H3,(H,21,22,24). The number of sulfonamides is 1. The van der Waals surface area contributed by atoms with Crippen LogP contribution in [0, 0.1) is 0 Å². The van der Waals surface area contributed by atoms with Crippen LogP contribution in [0.3, 0.4) is 0 Å². The fourth-order valence-corrected chi connectivity index (χ4v) is 5.82. The number of rotatable bonds is 6. The van der Waals surface area contributed by atoms with E-state index in [9.17, 15) is 13.2 Å². The van der Waals surface area contributed by atoms with Crippen LogP contribution < -0.4 is 10.1 Å². The first-order valence-corrected chi connectivity index (χ1v) is 11.7. The molecule has 29 heavy (non-hydrogen) atoms. The second kappa shape index (κ2) is 8.10. The zero-order valence-corrected chi connectivity index (χ0v) is 17.6. The number of aromatic nitrogens is 1. The van der Waals surface area contributed by atoms with Gasteiger partial charge in [0.15, 0.2) is 5.13 Å². The molecule has 0 radical (unpaired) electrons. The molecule has 2 aromatic carbocycles. The van der Waals surface area contributed by atoms with Crippen molar-refractivity contribution in [3.8, 4) is 5.75 Å². The summed E-state index contributed by atoms with van der Waals surface area (Å²) in [6.45, 7) is 3.43. The molecule has 1 aliphatic rings. The maximum Gasteiger partial charge on any atom is 0.261 e. The fourth-order valence-electron chi connectivity index (χ4n) is 3.30. The lowest BCUT2D eigenvalue weighted by molar-refractivity contribution is 0.102. The maximum atomic E-state index is 12.8. The van der Waals surface area contributed by atoms with Crippen LogP contribution in [0.1, 0.15) is 30.1 Å². The summed E-state index contributed by atoms with van der Waals surface area (Å²) >= 11 is 1.25. The number of nitrogens with one attached hydrogen (secondary N) is 1. The lowest BCUT2D eigenvalue weighted by Gasteiger charge is -2.15. The van der Waals surface area contributed by atoms with Crippen LogP contribution in [-0.2, 0) is 10.0 Å². The van der Waals surface area contributed by atoms with Gasteiger partial charge in [0.05, 0.1) is 27.3 Å². The molecule has 0 atom stereocenters. The number of para-hydroxylation sites is 1. The number of nitrogens with zero attached hydrogens (tertiary/aromatic N) is 2. The molecular weight excluding hydrogens is 410 g/mol. The van der Waals surface area contributed by atoms with Gasteiger partial charge in [-0.1, -0.05) is 23.5 Å². The van der Waals surface area contributed by atoms with Gasteiger partial charge in [-0.2, -0.15) is 4.31 Å². The number of amides is 1. The number of benzene rings is 2. The first-order chi connectivity index (χ1) is 14.0. The van der Waals surface area contributed by atoms with E-state index in [2.05, 4.69) is 10.3 Å². The Morgan fingerprint density at radius 2 is 1.97 bits per heavy atom. The van der Waals surface area contributed by atoms with Gasteiger partial charge in [-0.05, 0) is 50.1 Å². The number of anilines is 1. The average molecular weight is 432 g/mol. The van der Waals surface area contributed by atoms with E-state index in [1.807, 2.05) is 13.0 Å². The molecule has 1 saturated heterocycles. The smallest absolute Gasteiger partial charge is 0.261 e. The van der Waals surface area contributed by atoms with E-state index in [4.69, 9.17) is 4.74 Å². The van der Waals surface area contributed by atoms with Gasteiger partial charge in [-0.3, -0.25) is 10.1 Å². The highest BCUT2D eigenvalue weighted by Gasteiger charge is 2.27. The first kappa shape index (κ1) is 19.8. The Balaban J connectivity index is 1.59. The van der Waals surface area contributed by atoms with E-state index in [-0.39, 0.29) is 10.8 Å². The van der Waals surface area contributed by atoms with Crippen molar-refractivity contribution >= 4 is 42.6 Å². The molecule has 0 saturated carbocycles. The molecular formula is C20H21N3O4S2. The van der Waals surface area contributed by atoms with Crippen LogP contribution >= 0.6 is 11.3 Å². The van der Waals surface area contributed by atoms with Gasteiger partial charge < -0.3 is 4.74 Å². The molecule has 2 heterocycles. The third-order valence-corrected chi connectivity index (χ3v) is 7.54. The summed E-state index contributed by atoms with van der Waals surface area (Å²) in [5.74, 6) is 0.186. The summed E-state index contributed by atoms with van der Waals surface area (Å²) in [6, 6.07) is 11.9. The van der Waals surface area contributed by atoms with E-state index in [0.29, 0.717) is 46.4 Å². The minimum absolute atomic E-state index is 0.259. The molecule has 1 aromatic heterocycles. The van der Waals surface area contributed by atoms with Gasteiger partial charge in [0.2, 0.25) is 10.0 Å². The minimum Gasteiger partial charge on any atom is -0.493 e. The van der Waals surface area contributed by atoms with Crippen molar-refractivity contribution < 1.29 is 17.9 Å². The van der Waals surface area contributed by atoms with Gasteiger partial charge in [0, 0.05) is 13.1 Å². The number of ether oxygens (including phenoxy) is 1. The van der Waals surface area contributed by atoms with E-state index in [0.717, 1.165) is 12.8 Å². The first-order valence-electron chi connectivity index (χ1n) is 9.43. The van der Waals surface area contributed by atoms with Crippen LogP contribution in [0.15, 0.2) is 47.4 Å². The van der Waals surface area contributed by atoms with Crippen LogP contribution in [0.4, 0.5) is 5.13 Å². The van der Waals surface area contributed by atoms with Crippen molar-refractivity contribution in [2.24, 2.45) is 0 Å². The van der Waals surface area contributed by atoms with Crippen molar-refractivity contribution in [1.29, 1.82) is 0 Å². The predicted octanol–water partition coefficient (Wildman–Crippen LogP) is 3.73. The molecule has 1 amide bonds. The monoisotopic (exact) mass is 431 g/mol. The number of hydrogen-bond acceptors (Lipinski definition) is 6. The SMILES string of the molecule is CCOc1ccccc1C(=O)Nc1nc2ccc(S(=O)(=O)N3CCCC3)cc2s1. The molecule has 1 fully saturated rings. The molecule has 1 N–H and O–H groups in total. The molecule has 0 bridgehead atoms. The van der Waals surface area contributed by atoms with Gasteiger partial charge in [-0.25, -0.2) is 13.4 Å². The second-order valence-corrected chi connectivity index (χ2v) is 9.61. The van der Waals surface area contributed by atoms with Gasteiger partial charge in [0.25, 0.3) is 5.91 Å². The van der Waals surface area contributed by atoms with Crippen LogP contribution in [0.25, 0.3) is 10.2 Å². The van der Waals surface area contributed by atoms with Gasteiger partial charge >= 0.3 is 0 Å². The van der Waals surface area contributed by atoms with Crippen LogP contribution in [-0.4, -0.2) is 43.3 Å². The second-order valence-electron chi connectivity index (χ2n) is 6.64.